The Labute approximate surface area is 212 Å². The molecule has 2 atom stereocenters. The van der Waals surface area contributed by atoms with E-state index in [1.165, 1.54) is 35.6 Å². The maximum absolute atomic E-state index is 12.5. The zero-order valence-corrected chi connectivity index (χ0v) is 20.7. The topological polar surface area (TPSA) is 138 Å². The van der Waals surface area contributed by atoms with Gasteiger partial charge in [-0.1, -0.05) is 23.2 Å². The molecule has 0 unspecified atom stereocenters. The molecular weight excluding hydrogens is 484 g/mol. The second-order valence-corrected chi connectivity index (χ2v) is 8.35. The molecule has 160 valence electrons. The van der Waals surface area contributed by atoms with Crippen molar-refractivity contribution >= 4 is 58.7 Å². The van der Waals surface area contributed by atoms with Gasteiger partial charge in [0.15, 0.2) is 0 Å². The number of aliphatic carboxylic acids is 1. The number of carbonyl (C=O) groups excluding carboxylic acids is 4. The van der Waals surface area contributed by atoms with Crippen molar-refractivity contribution in [2.24, 2.45) is 0 Å². The number of ether oxygens (including phenoxy) is 1. The van der Waals surface area contributed by atoms with Gasteiger partial charge in [-0.2, -0.15) is 0 Å². The van der Waals surface area contributed by atoms with Crippen molar-refractivity contribution in [2.45, 2.75) is 24.9 Å². The maximum atomic E-state index is 12.5. The van der Waals surface area contributed by atoms with Gasteiger partial charge in [-0.25, -0.2) is 0 Å². The molecule has 0 radical (unpaired) electrons. The van der Waals surface area contributed by atoms with Crippen LogP contribution in [0.2, 0.25) is 10.0 Å². The van der Waals surface area contributed by atoms with Gasteiger partial charge in [-0.15, -0.1) is 11.8 Å². The predicted molar refractivity (Wildman–Crippen MR) is 104 cm³/mol. The van der Waals surface area contributed by atoms with Crippen molar-refractivity contribution in [3.05, 3.63) is 43.9 Å². The van der Waals surface area contributed by atoms with Gasteiger partial charge >= 0.3 is 35.5 Å². The number of amides is 2. The van der Waals surface area contributed by atoms with Crippen LogP contribution < -0.4 is 45.4 Å². The standard InChI is InChI=1S/C17H15Cl2N3O7S.Na/c1-7(23)29-5-8-6-30-16-12(15(26)22(16)13(8)17(27)28)20-11(24)4-21-2-9(18)14(25)10(19)3-21;/h2-3,12,16H,4-6H2,1H3,(H,20,24)(H,27,28);/q;+1/p-1/t12-,16+;/m0./s1. The second kappa shape index (κ2) is 10.4. The molecule has 1 saturated heterocycles. The molecule has 1 aromatic rings. The van der Waals surface area contributed by atoms with Crippen LogP contribution in [0.1, 0.15) is 6.92 Å². The van der Waals surface area contributed by atoms with Gasteiger partial charge in [-0.05, 0) is 0 Å². The fraction of sp³-hybridized carbons (Fsp3) is 0.353. The number of thioether (sulfide) groups is 1. The average Bonchev–Trinajstić information content (AvgIpc) is 2.67. The number of hydrogen-bond donors (Lipinski definition) is 1. The fourth-order valence-corrected chi connectivity index (χ4v) is 4.84. The monoisotopic (exact) mass is 497 g/mol. The van der Waals surface area contributed by atoms with Gasteiger partial charge in [0.05, 0.1) is 11.7 Å². The molecular formula is C17H14Cl2N3NaO7S. The molecule has 2 amide bonds. The van der Waals surface area contributed by atoms with Crippen molar-refractivity contribution in [3.63, 3.8) is 0 Å². The molecule has 2 aliphatic rings. The van der Waals surface area contributed by atoms with Crippen LogP contribution in [0.15, 0.2) is 28.5 Å². The molecule has 31 heavy (non-hydrogen) atoms. The first kappa shape index (κ1) is 25.8. The van der Waals surface area contributed by atoms with Crippen molar-refractivity contribution < 1.29 is 58.6 Å². The zero-order chi connectivity index (χ0) is 22.2. The Morgan fingerprint density at radius 3 is 2.42 bits per heavy atom. The van der Waals surface area contributed by atoms with E-state index in [4.69, 9.17) is 27.9 Å². The number of rotatable bonds is 6. The van der Waals surface area contributed by atoms with E-state index in [2.05, 4.69) is 5.32 Å². The summed E-state index contributed by atoms with van der Waals surface area (Å²) >= 11 is 12.7. The molecule has 3 heterocycles. The molecule has 1 fully saturated rings. The summed E-state index contributed by atoms with van der Waals surface area (Å²) < 4.78 is 6.13. The summed E-state index contributed by atoms with van der Waals surface area (Å²) in [7, 11) is 0. The van der Waals surface area contributed by atoms with Gasteiger partial charge in [-0.3, -0.25) is 24.1 Å². The van der Waals surface area contributed by atoms with Crippen molar-refractivity contribution in [3.8, 4) is 0 Å². The summed E-state index contributed by atoms with van der Waals surface area (Å²) in [6, 6.07) is -0.947. The number of carbonyl (C=O) groups is 4. The van der Waals surface area contributed by atoms with Crippen LogP contribution in [-0.4, -0.2) is 57.0 Å². The van der Waals surface area contributed by atoms with Crippen LogP contribution in [0.4, 0.5) is 0 Å². The van der Waals surface area contributed by atoms with E-state index in [1.807, 2.05) is 0 Å². The van der Waals surface area contributed by atoms with Crippen LogP contribution in [0.5, 0.6) is 0 Å². The quantitative estimate of drug-likeness (QED) is 0.239. The molecule has 14 heteroatoms. The molecule has 10 nitrogen and oxygen atoms in total. The van der Waals surface area contributed by atoms with Crippen molar-refractivity contribution in [2.75, 3.05) is 12.4 Å². The molecule has 0 aromatic carbocycles. The first-order valence-electron chi connectivity index (χ1n) is 8.46. The third-order valence-corrected chi connectivity index (χ3v) is 6.20. The molecule has 0 bridgehead atoms. The fourth-order valence-electron chi connectivity index (χ4n) is 3.01. The zero-order valence-electron chi connectivity index (χ0n) is 16.3. The van der Waals surface area contributed by atoms with E-state index in [0.717, 1.165) is 4.90 Å². The smallest absolute Gasteiger partial charge is 0.543 e. The predicted octanol–water partition coefficient (Wildman–Crippen LogP) is -3.87. The molecule has 0 aliphatic carbocycles. The minimum atomic E-state index is -1.57. The minimum absolute atomic E-state index is 0. The SMILES string of the molecule is CC(=O)OCC1=C(C(=O)[O-])N2C(=O)[C@H](NC(=O)Cn3cc(Cl)c(=O)c(Cl)c3)[C@H]2SC1.[Na+]. The largest absolute Gasteiger partial charge is 1.00 e. The number of β-lactam (4-membered cyclic amide) rings is 1. The summed E-state index contributed by atoms with van der Waals surface area (Å²) in [6.07, 6.45) is 2.47. The van der Waals surface area contributed by atoms with Crippen LogP contribution in [-0.2, 0) is 30.5 Å². The number of pyridine rings is 1. The molecule has 2 aliphatic heterocycles. The van der Waals surface area contributed by atoms with E-state index < -0.39 is 40.6 Å². The Kier molecular flexibility index (Phi) is 8.65. The van der Waals surface area contributed by atoms with Crippen LogP contribution >= 0.6 is 35.0 Å². The van der Waals surface area contributed by atoms with Crippen LogP contribution in [0.25, 0.3) is 0 Å². The molecule has 3 rings (SSSR count). The minimum Gasteiger partial charge on any atom is -0.543 e. The Morgan fingerprint density at radius 1 is 1.26 bits per heavy atom. The van der Waals surface area contributed by atoms with Crippen molar-refractivity contribution in [1.29, 1.82) is 0 Å². The van der Waals surface area contributed by atoms with Crippen LogP contribution in [0, 0.1) is 0 Å². The normalized spacial score (nSPS) is 19.7. The van der Waals surface area contributed by atoms with E-state index in [9.17, 15) is 29.1 Å². The molecule has 1 N–H and O–H groups in total. The van der Waals surface area contributed by atoms with E-state index >= 15 is 0 Å². The molecule has 1 aromatic heterocycles. The number of carboxylic acids is 1. The summed E-state index contributed by atoms with van der Waals surface area (Å²) in [5.41, 5.74) is -0.679. The Hall–Kier alpha value is -1.50. The summed E-state index contributed by atoms with van der Waals surface area (Å²) in [5, 5.41) is 13.1. The van der Waals surface area contributed by atoms with Crippen LogP contribution in [0.3, 0.4) is 0 Å². The number of aromatic nitrogens is 1. The maximum Gasteiger partial charge on any atom is 1.00 e. The third-order valence-electron chi connectivity index (χ3n) is 4.33. The number of esters is 1. The third kappa shape index (κ3) is 5.47. The summed E-state index contributed by atoms with van der Waals surface area (Å²) in [4.78, 5) is 59.9. The molecule has 0 spiro atoms. The first-order chi connectivity index (χ1) is 14.1. The summed E-state index contributed by atoms with van der Waals surface area (Å²) in [6.45, 7) is 0.649. The number of fused-ring (bicyclic) bond motifs is 1. The number of carboxylic acid groups (broad SMARTS) is 1. The second-order valence-electron chi connectivity index (χ2n) is 6.43. The number of halogens is 2. The Bertz CT molecular complexity index is 1020. The molecule has 0 saturated carbocycles. The average molecular weight is 498 g/mol. The number of hydrogen-bond acceptors (Lipinski definition) is 8. The van der Waals surface area contributed by atoms with Gasteiger partial charge < -0.3 is 24.5 Å². The number of nitrogens with zero attached hydrogens (tertiary/aromatic N) is 2. The van der Waals surface area contributed by atoms with E-state index in [0.29, 0.717) is 0 Å². The first-order valence-corrected chi connectivity index (χ1v) is 10.3. The Morgan fingerprint density at radius 2 is 1.87 bits per heavy atom. The van der Waals surface area contributed by atoms with Gasteiger partial charge in [0.2, 0.25) is 11.3 Å². The number of nitrogens with one attached hydrogen (secondary N) is 1. The summed E-state index contributed by atoms with van der Waals surface area (Å²) in [5.74, 6) is -3.17. The van der Waals surface area contributed by atoms with Gasteiger partial charge in [0.1, 0.15) is 34.6 Å². The van der Waals surface area contributed by atoms with E-state index in [1.54, 1.807) is 0 Å². The van der Waals surface area contributed by atoms with E-state index in [-0.39, 0.29) is 69.8 Å². The van der Waals surface area contributed by atoms with Crippen molar-refractivity contribution in [1.82, 2.24) is 14.8 Å². The van der Waals surface area contributed by atoms with Gasteiger partial charge in [0, 0.05) is 30.6 Å². The van der Waals surface area contributed by atoms with Gasteiger partial charge in [0.25, 0.3) is 5.91 Å². The Balaban J connectivity index is 0.00000341.